The normalized spacial score (nSPS) is 10.3. The largest absolute Gasteiger partial charge is 0.311 e. The van der Waals surface area contributed by atoms with Gasteiger partial charge in [-0.3, -0.25) is 0 Å². The average molecular weight is 87.1 g/mol. The first-order valence-corrected chi connectivity index (χ1v) is 1.95. The number of hydrogen-bond acceptors (Lipinski definition) is 3. The van der Waals surface area contributed by atoms with E-state index >= 15 is 0 Å². The van der Waals surface area contributed by atoms with Gasteiger partial charge in [0.1, 0.15) is 6.67 Å². The van der Waals surface area contributed by atoms with E-state index in [1.807, 2.05) is 6.92 Å². The molecule has 0 aromatic heterocycles. The summed E-state index contributed by atoms with van der Waals surface area (Å²) >= 11 is 0. The molecule has 6 heavy (non-hydrogen) atoms. The van der Waals surface area contributed by atoms with Crippen LogP contribution < -0.4 is 5.73 Å². The fraction of sp³-hybridized carbons (Fsp3) is 1.00. The minimum atomic E-state index is 0.313. The zero-order valence-electron chi connectivity index (χ0n) is 3.89. The minimum Gasteiger partial charge on any atom is -0.311 e. The Hall–Kier alpha value is -0.440. The summed E-state index contributed by atoms with van der Waals surface area (Å²) in [5.41, 5.74) is 4.95. The second kappa shape index (κ2) is 4.56. The zero-order valence-corrected chi connectivity index (χ0v) is 3.89. The molecule has 0 unspecified atom stereocenters. The summed E-state index contributed by atoms with van der Waals surface area (Å²) in [6.45, 7) is 2.96. The predicted octanol–water partition coefficient (Wildman–Crippen LogP) is 0.375. The fourth-order valence-corrected chi connectivity index (χ4v) is 0.158. The smallest absolute Gasteiger partial charge is 0.107 e. The monoisotopic (exact) mass is 87.1 g/mol. The molecular formula is C3H9N3. The first-order chi connectivity index (χ1) is 2.91. The third-order valence-electron chi connectivity index (χ3n) is 0.323. The lowest BCUT2D eigenvalue weighted by Crippen LogP contribution is -1.91. The van der Waals surface area contributed by atoms with Gasteiger partial charge in [-0.2, -0.15) is 10.2 Å². The molecule has 0 saturated carbocycles. The van der Waals surface area contributed by atoms with Crippen molar-refractivity contribution in [2.75, 3.05) is 13.2 Å². The summed E-state index contributed by atoms with van der Waals surface area (Å²) < 4.78 is 0. The van der Waals surface area contributed by atoms with Gasteiger partial charge in [0.05, 0.1) is 6.54 Å². The molecule has 0 saturated heterocycles. The third kappa shape index (κ3) is 3.56. The highest BCUT2D eigenvalue weighted by atomic mass is 15.1. The summed E-state index contributed by atoms with van der Waals surface area (Å²) in [4.78, 5) is 0. The molecule has 0 aromatic rings. The molecule has 0 aliphatic heterocycles. The molecule has 0 radical (unpaired) electrons. The number of azo groups is 1. The van der Waals surface area contributed by atoms with Crippen molar-refractivity contribution in [3.63, 3.8) is 0 Å². The van der Waals surface area contributed by atoms with Crippen LogP contribution in [-0.4, -0.2) is 13.2 Å². The zero-order chi connectivity index (χ0) is 4.83. The van der Waals surface area contributed by atoms with E-state index in [4.69, 9.17) is 5.73 Å². The van der Waals surface area contributed by atoms with Crippen LogP contribution in [0.3, 0.4) is 0 Å². The number of nitrogens with two attached hydrogens (primary N) is 1. The Morgan fingerprint density at radius 3 is 2.33 bits per heavy atom. The molecule has 0 fully saturated rings. The van der Waals surface area contributed by atoms with E-state index in [1.54, 1.807) is 0 Å². The van der Waals surface area contributed by atoms with E-state index in [0.29, 0.717) is 6.67 Å². The minimum absolute atomic E-state index is 0.313. The van der Waals surface area contributed by atoms with E-state index in [-0.39, 0.29) is 0 Å². The Labute approximate surface area is 37.3 Å². The third-order valence-corrected chi connectivity index (χ3v) is 0.323. The highest BCUT2D eigenvalue weighted by Crippen LogP contribution is 1.65. The summed E-state index contributed by atoms with van der Waals surface area (Å²) in [6.07, 6.45) is 0. The van der Waals surface area contributed by atoms with Crippen molar-refractivity contribution in [1.29, 1.82) is 0 Å². The molecule has 3 heteroatoms. The van der Waals surface area contributed by atoms with E-state index < -0.39 is 0 Å². The topological polar surface area (TPSA) is 50.7 Å². The van der Waals surface area contributed by atoms with Crippen LogP contribution in [0.4, 0.5) is 0 Å². The molecule has 0 amide bonds. The Kier molecular flexibility index (Phi) is 4.23. The van der Waals surface area contributed by atoms with Gasteiger partial charge in [-0.25, -0.2) is 0 Å². The van der Waals surface area contributed by atoms with Crippen LogP contribution in [-0.2, 0) is 0 Å². The molecule has 0 rings (SSSR count). The summed E-state index contributed by atoms with van der Waals surface area (Å²) in [6, 6.07) is 0. The van der Waals surface area contributed by atoms with Gasteiger partial charge in [-0.1, -0.05) is 0 Å². The van der Waals surface area contributed by atoms with Gasteiger partial charge in [-0.15, -0.1) is 0 Å². The maximum Gasteiger partial charge on any atom is 0.107 e. The van der Waals surface area contributed by atoms with E-state index in [2.05, 4.69) is 10.2 Å². The number of nitrogens with zero attached hydrogens (tertiary/aromatic N) is 2. The SMILES string of the molecule is CCN=NCN. The van der Waals surface area contributed by atoms with Crippen LogP contribution in [0.15, 0.2) is 10.2 Å². The van der Waals surface area contributed by atoms with Crippen molar-refractivity contribution in [3.05, 3.63) is 0 Å². The van der Waals surface area contributed by atoms with Gasteiger partial charge >= 0.3 is 0 Å². The van der Waals surface area contributed by atoms with E-state index in [9.17, 15) is 0 Å². The van der Waals surface area contributed by atoms with Crippen LogP contribution in [0, 0.1) is 0 Å². The van der Waals surface area contributed by atoms with Crippen LogP contribution in [0.2, 0.25) is 0 Å². The number of hydrogen-bond donors (Lipinski definition) is 1. The van der Waals surface area contributed by atoms with Crippen LogP contribution in [0.5, 0.6) is 0 Å². The first-order valence-electron chi connectivity index (χ1n) is 1.95. The van der Waals surface area contributed by atoms with Crippen molar-refractivity contribution in [2.45, 2.75) is 6.92 Å². The quantitative estimate of drug-likeness (QED) is 0.486. The molecule has 0 atom stereocenters. The van der Waals surface area contributed by atoms with Gasteiger partial charge in [0, 0.05) is 0 Å². The van der Waals surface area contributed by atoms with E-state index in [0.717, 1.165) is 6.54 Å². The van der Waals surface area contributed by atoms with Crippen molar-refractivity contribution in [1.82, 2.24) is 0 Å². The van der Waals surface area contributed by atoms with Gasteiger partial charge in [0.2, 0.25) is 0 Å². The molecule has 0 spiro atoms. The predicted molar refractivity (Wildman–Crippen MR) is 24.5 cm³/mol. The van der Waals surface area contributed by atoms with Crippen LogP contribution >= 0.6 is 0 Å². The van der Waals surface area contributed by atoms with Gasteiger partial charge in [-0.05, 0) is 6.92 Å². The Bertz CT molecular complexity index is 35.3. The summed E-state index contributed by atoms with van der Waals surface area (Å²) in [7, 11) is 0. The average Bonchev–Trinajstić information content (AvgIpc) is 1.61. The Balaban J connectivity index is 2.73. The molecular weight excluding hydrogens is 78.1 g/mol. The van der Waals surface area contributed by atoms with Crippen molar-refractivity contribution in [3.8, 4) is 0 Å². The lowest BCUT2D eigenvalue weighted by atomic mass is 10.8. The van der Waals surface area contributed by atoms with Crippen LogP contribution in [0.1, 0.15) is 6.92 Å². The maximum atomic E-state index is 4.95. The Morgan fingerprint density at radius 2 is 2.17 bits per heavy atom. The molecule has 0 aliphatic carbocycles. The molecule has 3 nitrogen and oxygen atoms in total. The Morgan fingerprint density at radius 1 is 1.50 bits per heavy atom. The van der Waals surface area contributed by atoms with Crippen molar-refractivity contribution < 1.29 is 0 Å². The molecule has 0 heterocycles. The lowest BCUT2D eigenvalue weighted by Gasteiger charge is -1.74. The van der Waals surface area contributed by atoms with Gasteiger partial charge < -0.3 is 5.73 Å². The molecule has 2 N–H and O–H groups in total. The molecule has 0 aromatic carbocycles. The molecule has 0 bridgehead atoms. The lowest BCUT2D eigenvalue weighted by molar-refractivity contribution is 0.884. The first kappa shape index (κ1) is 5.56. The summed E-state index contributed by atoms with van der Waals surface area (Å²) in [5.74, 6) is 0. The number of rotatable bonds is 2. The molecule has 0 aliphatic rings. The second-order valence-electron chi connectivity index (χ2n) is 0.782. The van der Waals surface area contributed by atoms with Gasteiger partial charge in [0.25, 0.3) is 0 Å². The van der Waals surface area contributed by atoms with Crippen LogP contribution in [0.25, 0.3) is 0 Å². The molecule has 36 valence electrons. The van der Waals surface area contributed by atoms with Gasteiger partial charge in [0.15, 0.2) is 0 Å². The highest BCUT2D eigenvalue weighted by molar-refractivity contribution is 4.22. The standard InChI is InChI=1S/C3H9N3/c1-2-5-6-3-4/h2-4H2,1H3. The van der Waals surface area contributed by atoms with E-state index in [1.165, 1.54) is 0 Å². The van der Waals surface area contributed by atoms with Crippen molar-refractivity contribution >= 4 is 0 Å². The van der Waals surface area contributed by atoms with Crippen molar-refractivity contribution in [2.24, 2.45) is 16.0 Å². The maximum absolute atomic E-state index is 4.95. The highest BCUT2D eigenvalue weighted by Gasteiger charge is 1.59. The summed E-state index contributed by atoms with van der Waals surface area (Å²) in [5, 5.41) is 7.08. The fourth-order valence-electron chi connectivity index (χ4n) is 0.158. The second-order valence-corrected chi connectivity index (χ2v) is 0.782.